The van der Waals surface area contributed by atoms with Crippen molar-refractivity contribution in [1.29, 1.82) is 0 Å². The van der Waals surface area contributed by atoms with Crippen LogP contribution in [-0.2, 0) is 0 Å². The average Bonchev–Trinajstić information content (AvgIpc) is 1.69. The van der Waals surface area contributed by atoms with Crippen LogP contribution in [-0.4, -0.2) is 21.7 Å². The van der Waals surface area contributed by atoms with Crippen molar-refractivity contribution in [1.82, 2.24) is 0 Å². The third kappa shape index (κ3) is 1.87. The van der Waals surface area contributed by atoms with Gasteiger partial charge >= 0.3 is 52.4 Å². The van der Waals surface area contributed by atoms with Gasteiger partial charge < -0.3 is 0 Å². The van der Waals surface area contributed by atoms with Crippen LogP contribution in [0, 0.1) is 0 Å². The predicted molar refractivity (Wildman–Crippen MR) is 33.1 cm³/mol. The van der Waals surface area contributed by atoms with Crippen molar-refractivity contribution in [2.24, 2.45) is 3.72 Å². The van der Waals surface area contributed by atoms with Crippen LogP contribution in [0.15, 0.2) is 9.91 Å². The van der Waals surface area contributed by atoms with Crippen molar-refractivity contribution >= 4 is 21.7 Å². The van der Waals surface area contributed by atoms with Gasteiger partial charge in [0.1, 0.15) is 0 Å². The molecule has 0 unspecified atom stereocenters. The Morgan fingerprint density at radius 2 is 2.43 bits per heavy atom. The molecule has 0 radical (unpaired) electrons. The van der Waals surface area contributed by atoms with Crippen LogP contribution in [0.25, 0.3) is 0 Å². The molecule has 0 aromatic heterocycles. The second-order valence-electron chi connectivity index (χ2n) is 2.02. The fourth-order valence-corrected chi connectivity index (χ4v) is 4.95. The minimum atomic E-state index is -1.35. The Morgan fingerprint density at radius 1 is 1.57 bits per heavy atom. The van der Waals surface area contributed by atoms with E-state index < -0.39 is 21.7 Å². The predicted octanol–water partition coefficient (Wildman–Crippen LogP) is 0.826. The van der Waals surface area contributed by atoms with Crippen LogP contribution in [0.1, 0.15) is 12.8 Å². The normalized spacial score (nSPS) is 20.4. The Labute approximate surface area is 52.5 Å². The van der Waals surface area contributed by atoms with Gasteiger partial charge in [0.05, 0.1) is 0 Å². The molecule has 2 N–H and O–H groups in total. The van der Waals surface area contributed by atoms with E-state index in [0.29, 0.717) is 0 Å². The van der Waals surface area contributed by atoms with Crippen molar-refractivity contribution in [3.05, 3.63) is 9.91 Å². The molecule has 0 bridgehead atoms. The van der Waals surface area contributed by atoms with Crippen LogP contribution in [0.5, 0.6) is 0 Å². The molecule has 0 saturated heterocycles. The fraction of sp³-hybridized carbons (Fsp3) is 0.600. The van der Waals surface area contributed by atoms with Crippen LogP contribution < -0.4 is 3.72 Å². The molecular formula is C5H10InN. The van der Waals surface area contributed by atoms with Gasteiger partial charge in [0, 0.05) is 0 Å². The molecule has 0 aromatic rings. The van der Waals surface area contributed by atoms with Gasteiger partial charge in [0.25, 0.3) is 0 Å². The quantitative estimate of drug-likeness (QED) is 0.614. The molecule has 0 aromatic carbocycles. The SMILES string of the molecule is [NH2][In]1[CH]=CCC[CH2]1. The summed E-state index contributed by atoms with van der Waals surface area (Å²) in [6, 6.07) is 0. The standard InChI is InChI=1S/C5H8.In.H2N/c1-3-5-4-2;;/h1,3H,2,4-5H2;;1H2/q;+1;-1. The zero-order chi connectivity index (χ0) is 5.11. The molecule has 1 nitrogen and oxygen atoms in total. The second kappa shape index (κ2) is 2.78. The average molecular weight is 199 g/mol. The van der Waals surface area contributed by atoms with E-state index in [2.05, 4.69) is 9.91 Å². The first-order valence-electron chi connectivity index (χ1n) is 2.82. The second-order valence-corrected chi connectivity index (χ2v) is 8.56. The number of allylic oxidation sites excluding steroid dienone is 1. The van der Waals surface area contributed by atoms with Crippen molar-refractivity contribution in [3.8, 4) is 0 Å². The van der Waals surface area contributed by atoms with Gasteiger partial charge in [-0.15, -0.1) is 0 Å². The Morgan fingerprint density at radius 3 is 2.71 bits per heavy atom. The first kappa shape index (κ1) is 5.70. The maximum absolute atomic E-state index is 5.76. The van der Waals surface area contributed by atoms with Gasteiger partial charge in [-0.3, -0.25) is 0 Å². The van der Waals surface area contributed by atoms with Gasteiger partial charge in [0.15, 0.2) is 0 Å². The van der Waals surface area contributed by atoms with Crippen molar-refractivity contribution in [2.75, 3.05) is 0 Å². The molecule has 1 aliphatic rings. The fourth-order valence-electron chi connectivity index (χ4n) is 0.839. The van der Waals surface area contributed by atoms with Gasteiger partial charge in [-0.05, 0) is 0 Å². The summed E-state index contributed by atoms with van der Waals surface area (Å²) >= 11 is -1.35. The zero-order valence-electron chi connectivity index (χ0n) is 4.43. The first-order chi connectivity index (χ1) is 3.39. The summed E-state index contributed by atoms with van der Waals surface area (Å²) in [4.78, 5) is 0. The summed E-state index contributed by atoms with van der Waals surface area (Å²) < 4.78 is 9.44. The van der Waals surface area contributed by atoms with Crippen LogP contribution in [0.2, 0.25) is 4.18 Å². The molecule has 1 rings (SSSR count). The van der Waals surface area contributed by atoms with E-state index in [1.807, 2.05) is 0 Å². The van der Waals surface area contributed by atoms with Crippen molar-refractivity contribution in [3.63, 3.8) is 0 Å². The molecule has 0 atom stereocenters. The monoisotopic (exact) mass is 199 g/mol. The van der Waals surface area contributed by atoms with E-state index in [4.69, 9.17) is 3.72 Å². The van der Waals surface area contributed by atoms with E-state index in [-0.39, 0.29) is 0 Å². The number of rotatable bonds is 0. The summed E-state index contributed by atoms with van der Waals surface area (Å²) in [6.07, 6.45) is 4.91. The topological polar surface area (TPSA) is 26.0 Å². The molecule has 38 valence electrons. The molecule has 1 heterocycles. The van der Waals surface area contributed by atoms with Crippen molar-refractivity contribution < 1.29 is 0 Å². The van der Waals surface area contributed by atoms with Gasteiger partial charge in [-0.1, -0.05) is 0 Å². The minimum absolute atomic E-state index is 1.28. The van der Waals surface area contributed by atoms with E-state index in [0.717, 1.165) is 0 Å². The Hall–Kier alpha value is 0.570. The summed E-state index contributed by atoms with van der Waals surface area (Å²) in [7, 11) is 0. The summed E-state index contributed by atoms with van der Waals surface area (Å²) in [5.41, 5.74) is 0. The number of hydrogen-bond donors (Lipinski definition) is 1. The Balaban J connectivity index is 2.36. The van der Waals surface area contributed by atoms with Crippen LogP contribution in [0.3, 0.4) is 0 Å². The number of nitrogens with two attached hydrogens (primary N) is 1. The molecule has 0 amide bonds. The number of hydrogen-bond acceptors (Lipinski definition) is 1. The van der Waals surface area contributed by atoms with E-state index >= 15 is 0 Å². The first-order valence-corrected chi connectivity index (χ1v) is 8.95. The molecule has 0 aliphatic carbocycles. The van der Waals surface area contributed by atoms with Gasteiger partial charge in [-0.25, -0.2) is 0 Å². The molecule has 7 heavy (non-hydrogen) atoms. The third-order valence-electron chi connectivity index (χ3n) is 1.29. The third-order valence-corrected chi connectivity index (χ3v) is 6.55. The van der Waals surface area contributed by atoms with Crippen molar-refractivity contribution in [2.45, 2.75) is 17.0 Å². The van der Waals surface area contributed by atoms with Gasteiger partial charge in [-0.2, -0.15) is 0 Å². The van der Waals surface area contributed by atoms with Crippen LogP contribution in [0.4, 0.5) is 0 Å². The Kier molecular flexibility index (Phi) is 2.26. The zero-order valence-corrected chi connectivity index (χ0v) is 7.73. The summed E-state index contributed by atoms with van der Waals surface area (Å²) in [5, 5.41) is 0. The molecule has 1 aliphatic heterocycles. The summed E-state index contributed by atoms with van der Waals surface area (Å²) in [5.74, 6) is 0. The van der Waals surface area contributed by atoms with E-state index in [1.165, 1.54) is 17.0 Å². The van der Waals surface area contributed by atoms with Gasteiger partial charge in [0.2, 0.25) is 0 Å². The maximum atomic E-state index is 5.76. The molecule has 2 heteroatoms. The van der Waals surface area contributed by atoms with E-state index in [9.17, 15) is 0 Å². The Bertz CT molecular complexity index is 80.1. The van der Waals surface area contributed by atoms with E-state index in [1.54, 1.807) is 0 Å². The molecule has 0 saturated carbocycles. The molecular weight excluding hydrogens is 189 g/mol. The molecule has 0 fully saturated rings. The van der Waals surface area contributed by atoms with Crippen LogP contribution >= 0.6 is 0 Å². The molecule has 0 spiro atoms. The summed E-state index contributed by atoms with van der Waals surface area (Å²) in [6.45, 7) is 0.